The molecule has 0 aliphatic heterocycles. The summed E-state index contributed by atoms with van der Waals surface area (Å²) in [7, 11) is 0. The van der Waals surface area contributed by atoms with Gasteiger partial charge in [-0.1, -0.05) is 56.9 Å². The quantitative estimate of drug-likeness (QED) is 0.816. The van der Waals surface area contributed by atoms with Gasteiger partial charge in [0, 0.05) is 5.54 Å². The van der Waals surface area contributed by atoms with E-state index in [2.05, 4.69) is 31.2 Å². The highest BCUT2D eigenvalue weighted by Gasteiger charge is 2.34. The van der Waals surface area contributed by atoms with Gasteiger partial charge in [-0.05, 0) is 48.6 Å². The lowest BCUT2D eigenvalue weighted by Gasteiger charge is -2.33. The second kappa shape index (κ2) is 5.28. The molecule has 2 N–H and O–H groups in total. The predicted molar refractivity (Wildman–Crippen MR) is 81.1 cm³/mol. The minimum Gasteiger partial charge on any atom is -0.321 e. The van der Waals surface area contributed by atoms with E-state index >= 15 is 0 Å². The molecule has 0 aromatic heterocycles. The molecule has 2 aliphatic rings. The zero-order chi connectivity index (χ0) is 13.3. The molecule has 1 nitrogen and oxygen atoms in total. The molecule has 0 spiro atoms. The molecule has 0 saturated heterocycles. The first-order chi connectivity index (χ1) is 9.19. The van der Waals surface area contributed by atoms with E-state index in [4.69, 9.17) is 5.73 Å². The van der Waals surface area contributed by atoms with E-state index in [1.54, 1.807) is 5.56 Å². The van der Waals surface area contributed by atoms with Crippen molar-refractivity contribution in [1.29, 1.82) is 0 Å². The fraction of sp³-hybridized carbons (Fsp3) is 0.667. The maximum absolute atomic E-state index is 6.72. The predicted octanol–water partition coefficient (Wildman–Crippen LogP) is 4.71. The molecule has 2 saturated carbocycles. The van der Waals surface area contributed by atoms with Gasteiger partial charge in [-0.2, -0.15) is 0 Å². The first-order valence-corrected chi connectivity index (χ1v) is 8.07. The van der Waals surface area contributed by atoms with Gasteiger partial charge in [-0.15, -0.1) is 0 Å². The summed E-state index contributed by atoms with van der Waals surface area (Å²) in [5.41, 5.74) is 9.72. The lowest BCUT2D eigenvalue weighted by Crippen LogP contribution is -2.34. The van der Waals surface area contributed by atoms with Gasteiger partial charge < -0.3 is 5.73 Å². The summed E-state index contributed by atoms with van der Waals surface area (Å²) in [6.45, 7) is 2.39. The van der Waals surface area contributed by atoms with Gasteiger partial charge in [0.15, 0.2) is 0 Å². The van der Waals surface area contributed by atoms with Crippen LogP contribution in [0.3, 0.4) is 0 Å². The molecule has 104 valence electrons. The first kappa shape index (κ1) is 13.2. The van der Waals surface area contributed by atoms with Gasteiger partial charge in [-0.25, -0.2) is 0 Å². The van der Waals surface area contributed by atoms with Crippen LogP contribution >= 0.6 is 0 Å². The van der Waals surface area contributed by atoms with Crippen LogP contribution in [0, 0.1) is 5.92 Å². The Morgan fingerprint density at radius 2 is 1.63 bits per heavy atom. The van der Waals surface area contributed by atoms with E-state index in [9.17, 15) is 0 Å². The summed E-state index contributed by atoms with van der Waals surface area (Å²) in [6.07, 6.45) is 10.4. The Labute approximate surface area is 117 Å². The van der Waals surface area contributed by atoms with Crippen molar-refractivity contribution in [2.75, 3.05) is 0 Å². The zero-order valence-electron chi connectivity index (χ0n) is 12.2. The van der Waals surface area contributed by atoms with Crippen molar-refractivity contribution in [3.05, 3.63) is 35.4 Å². The van der Waals surface area contributed by atoms with Crippen LogP contribution in [0.5, 0.6) is 0 Å². The number of benzene rings is 1. The van der Waals surface area contributed by atoms with Gasteiger partial charge in [0.1, 0.15) is 0 Å². The molecule has 0 heterocycles. The van der Waals surface area contributed by atoms with E-state index in [1.165, 1.54) is 56.9 Å². The van der Waals surface area contributed by atoms with E-state index < -0.39 is 0 Å². The van der Waals surface area contributed by atoms with E-state index in [0.717, 1.165) is 11.8 Å². The monoisotopic (exact) mass is 257 g/mol. The van der Waals surface area contributed by atoms with E-state index in [1.807, 2.05) is 0 Å². The van der Waals surface area contributed by atoms with Crippen LogP contribution in [0.4, 0.5) is 0 Å². The molecular formula is C18H27N. The second-order valence-corrected chi connectivity index (χ2v) is 6.91. The van der Waals surface area contributed by atoms with Crippen molar-refractivity contribution in [3.63, 3.8) is 0 Å². The van der Waals surface area contributed by atoms with Crippen LogP contribution in [-0.2, 0) is 5.54 Å². The van der Waals surface area contributed by atoms with Gasteiger partial charge in [-0.3, -0.25) is 0 Å². The Morgan fingerprint density at radius 1 is 1.00 bits per heavy atom. The maximum Gasteiger partial charge on any atom is 0.0412 e. The van der Waals surface area contributed by atoms with Crippen LogP contribution in [-0.4, -0.2) is 0 Å². The standard InChI is InChI=1S/C18H27N/c1-14-8-10-15(11-9-14)16-6-2-3-7-17(16)18(19)12-4-5-13-18/h2-3,6-7,14-15H,4-5,8-13,19H2,1H3. The van der Waals surface area contributed by atoms with Crippen molar-refractivity contribution < 1.29 is 0 Å². The highest BCUT2D eigenvalue weighted by Crippen LogP contribution is 2.43. The number of hydrogen-bond acceptors (Lipinski definition) is 1. The third-order valence-electron chi connectivity index (χ3n) is 5.45. The van der Waals surface area contributed by atoms with Gasteiger partial charge in [0.05, 0.1) is 0 Å². The summed E-state index contributed by atoms with van der Waals surface area (Å²) in [4.78, 5) is 0. The summed E-state index contributed by atoms with van der Waals surface area (Å²) >= 11 is 0. The minimum atomic E-state index is -0.0281. The topological polar surface area (TPSA) is 26.0 Å². The first-order valence-electron chi connectivity index (χ1n) is 8.07. The average molecular weight is 257 g/mol. The SMILES string of the molecule is CC1CCC(c2ccccc2C2(N)CCCC2)CC1. The Hall–Kier alpha value is -0.820. The Kier molecular flexibility index (Phi) is 3.66. The Morgan fingerprint density at radius 3 is 2.32 bits per heavy atom. The van der Waals surface area contributed by atoms with Crippen LogP contribution in [0.1, 0.15) is 75.3 Å². The van der Waals surface area contributed by atoms with Crippen LogP contribution in [0.15, 0.2) is 24.3 Å². The average Bonchev–Trinajstić information content (AvgIpc) is 2.88. The van der Waals surface area contributed by atoms with E-state index in [-0.39, 0.29) is 5.54 Å². The van der Waals surface area contributed by atoms with Crippen molar-refractivity contribution in [3.8, 4) is 0 Å². The normalized spacial score (nSPS) is 30.4. The van der Waals surface area contributed by atoms with Gasteiger partial charge in [0.25, 0.3) is 0 Å². The largest absolute Gasteiger partial charge is 0.321 e. The Balaban J connectivity index is 1.89. The van der Waals surface area contributed by atoms with Crippen LogP contribution in [0.2, 0.25) is 0 Å². The summed E-state index contributed by atoms with van der Waals surface area (Å²) in [6, 6.07) is 9.04. The summed E-state index contributed by atoms with van der Waals surface area (Å²) < 4.78 is 0. The van der Waals surface area contributed by atoms with Crippen LogP contribution < -0.4 is 5.73 Å². The van der Waals surface area contributed by atoms with Crippen molar-refractivity contribution >= 4 is 0 Å². The molecular weight excluding hydrogens is 230 g/mol. The lowest BCUT2D eigenvalue weighted by molar-refractivity contribution is 0.342. The van der Waals surface area contributed by atoms with E-state index in [0.29, 0.717) is 0 Å². The van der Waals surface area contributed by atoms with Crippen molar-refractivity contribution in [2.24, 2.45) is 11.7 Å². The molecule has 1 heteroatoms. The molecule has 0 bridgehead atoms. The number of hydrogen-bond donors (Lipinski definition) is 1. The molecule has 1 aromatic carbocycles. The fourth-order valence-corrected chi connectivity index (χ4v) is 4.15. The number of nitrogens with two attached hydrogens (primary N) is 1. The van der Waals surface area contributed by atoms with Gasteiger partial charge in [0.2, 0.25) is 0 Å². The van der Waals surface area contributed by atoms with Crippen molar-refractivity contribution in [2.45, 2.75) is 69.7 Å². The molecule has 2 aliphatic carbocycles. The highest BCUT2D eigenvalue weighted by atomic mass is 14.8. The van der Waals surface area contributed by atoms with Crippen LogP contribution in [0.25, 0.3) is 0 Å². The molecule has 0 radical (unpaired) electrons. The maximum atomic E-state index is 6.72. The molecule has 1 aromatic rings. The molecule has 0 atom stereocenters. The molecule has 3 rings (SSSR count). The second-order valence-electron chi connectivity index (χ2n) is 6.91. The fourth-order valence-electron chi connectivity index (χ4n) is 4.15. The molecule has 0 amide bonds. The molecule has 2 fully saturated rings. The molecule has 19 heavy (non-hydrogen) atoms. The molecule has 0 unspecified atom stereocenters. The minimum absolute atomic E-state index is 0.0281. The summed E-state index contributed by atoms with van der Waals surface area (Å²) in [5, 5.41) is 0. The smallest absolute Gasteiger partial charge is 0.0412 e. The number of rotatable bonds is 2. The lowest BCUT2D eigenvalue weighted by atomic mass is 9.74. The zero-order valence-corrected chi connectivity index (χ0v) is 12.2. The summed E-state index contributed by atoms with van der Waals surface area (Å²) in [5.74, 6) is 1.68. The van der Waals surface area contributed by atoms with Gasteiger partial charge >= 0.3 is 0 Å². The third-order valence-corrected chi connectivity index (χ3v) is 5.45. The highest BCUT2D eigenvalue weighted by molar-refractivity contribution is 5.37. The Bertz CT molecular complexity index is 423. The van der Waals surface area contributed by atoms with Crippen molar-refractivity contribution in [1.82, 2.24) is 0 Å². The third kappa shape index (κ3) is 2.58.